The first kappa shape index (κ1) is 23.4. The number of aliphatic hydroxyl groups excluding tert-OH is 1. The molecule has 1 N–H and O–H groups in total. The van der Waals surface area contributed by atoms with Crippen LogP contribution in [-0.2, 0) is 16.1 Å². The lowest BCUT2D eigenvalue weighted by molar-refractivity contribution is -0.140. The molecule has 0 aromatic heterocycles. The quantitative estimate of drug-likeness (QED) is 0.182. The zero-order valence-corrected chi connectivity index (χ0v) is 19.9. The maximum absolute atomic E-state index is 13.3. The second-order valence-corrected chi connectivity index (χ2v) is 8.84. The lowest BCUT2D eigenvalue weighted by Gasteiger charge is -2.26. The predicted octanol–water partition coefficient (Wildman–Crippen LogP) is 6.75. The number of carbonyl (C=O) groups is 2. The second kappa shape index (κ2) is 10.1. The Kier molecular flexibility index (Phi) is 6.56. The summed E-state index contributed by atoms with van der Waals surface area (Å²) in [4.78, 5) is 28.0. The standard InChI is InChI=1S/C30H22ClNO4/c31-23-16-14-21(15-17-23)28(33)26-27(32(30(35)29(26)34)19-20-8-3-1-4-9-20)22-10-7-13-25(18-22)36-24-11-5-2-6-12-24/h1-18,27,33H,19H2/b28-26+. The van der Waals surface area contributed by atoms with Crippen LogP contribution in [0.15, 0.2) is 115 Å². The van der Waals surface area contributed by atoms with Crippen LogP contribution in [0.4, 0.5) is 0 Å². The van der Waals surface area contributed by atoms with E-state index in [0.29, 0.717) is 27.6 Å². The highest BCUT2D eigenvalue weighted by atomic mass is 35.5. The molecule has 5 nitrogen and oxygen atoms in total. The van der Waals surface area contributed by atoms with Crippen molar-refractivity contribution >= 4 is 29.1 Å². The van der Waals surface area contributed by atoms with Crippen LogP contribution in [0.2, 0.25) is 5.02 Å². The van der Waals surface area contributed by atoms with Gasteiger partial charge < -0.3 is 14.7 Å². The molecule has 4 aromatic carbocycles. The number of aliphatic hydroxyl groups is 1. The summed E-state index contributed by atoms with van der Waals surface area (Å²) in [6, 6.07) is 31.7. The molecule has 6 heteroatoms. The van der Waals surface area contributed by atoms with Crippen molar-refractivity contribution in [3.8, 4) is 11.5 Å². The molecular formula is C30H22ClNO4. The smallest absolute Gasteiger partial charge is 0.295 e. The Hall–Kier alpha value is -4.35. The summed E-state index contributed by atoms with van der Waals surface area (Å²) in [5, 5.41) is 11.7. The summed E-state index contributed by atoms with van der Waals surface area (Å²) in [5.74, 6) is -0.448. The van der Waals surface area contributed by atoms with E-state index in [1.165, 1.54) is 4.90 Å². The van der Waals surface area contributed by atoms with E-state index in [1.807, 2.05) is 66.7 Å². The topological polar surface area (TPSA) is 66.8 Å². The second-order valence-electron chi connectivity index (χ2n) is 8.41. The van der Waals surface area contributed by atoms with Crippen molar-refractivity contribution in [2.75, 3.05) is 0 Å². The van der Waals surface area contributed by atoms with Crippen molar-refractivity contribution in [3.63, 3.8) is 0 Å². The molecule has 1 saturated heterocycles. The lowest BCUT2D eigenvalue weighted by atomic mass is 9.95. The molecule has 36 heavy (non-hydrogen) atoms. The molecule has 1 aliphatic rings. The van der Waals surface area contributed by atoms with Crippen LogP contribution in [0.1, 0.15) is 22.7 Å². The van der Waals surface area contributed by atoms with Crippen molar-refractivity contribution in [1.29, 1.82) is 0 Å². The molecule has 1 fully saturated rings. The molecule has 0 spiro atoms. The Morgan fingerprint density at radius 3 is 2.14 bits per heavy atom. The van der Waals surface area contributed by atoms with Crippen LogP contribution >= 0.6 is 11.6 Å². The first-order valence-electron chi connectivity index (χ1n) is 11.4. The van der Waals surface area contributed by atoms with E-state index < -0.39 is 17.7 Å². The van der Waals surface area contributed by atoms with E-state index in [4.69, 9.17) is 16.3 Å². The van der Waals surface area contributed by atoms with Gasteiger partial charge in [-0.25, -0.2) is 0 Å². The number of ether oxygens (including phenoxy) is 1. The highest BCUT2D eigenvalue weighted by Crippen LogP contribution is 2.41. The van der Waals surface area contributed by atoms with Crippen molar-refractivity contribution in [1.82, 2.24) is 4.90 Å². The summed E-state index contributed by atoms with van der Waals surface area (Å²) < 4.78 is 6.00. The third-order valence-electron chi connectivity index (χ3n) is 6.01. The molecule has 178 valence electrons. The third-order valence-corrected chi connectivity index (χ3v) is 6.26. The zero-order valence-electron chi connectivity index (χ0n) is 19.2. The predicted molar refractivity (Wildman–Crippen MR) is 139 cm³/mol. The van der Waals surface area contributed by atoms with Crippen LogP contribution in [0.3, 0.4) is 0 Å². The number of benzene rings is 4. The minimum atomic E-state index is -0.805. The maximum atomic E-state index is 13.3. The Morgan fingerprint density at radius 2 is 1.44 bits per heavy atom. The molecule has 1 unspecified atom stereocenters. The van der Waals surface area contributed by atoms with Crippen LogP contribution in [0.25, 0.3) is 5.76 Å². The highest BCUT2D eigenvalue weighted by Gasteiger charge is 2.46. The van der Waals surface area contributed by atoms with Crippen LogP contribution in [0, 0.1) is 0 Å². The minimum Gasteiger partial charge on any atom is -0.507 e. The molecule has 1 heterocycles. The molecule has 1 amide bonds. The number of para-hydroxylation sites is 1. The Morgan fingerprint density at radius 1 is 0.806 bits per heavy atom. The van der Waals surface area contributed by atoms with Gasteiger partial charge in [0.1, 0.15) is 17.3 Å². The first-order chi connectivity index (χ1) is 17.5. The lowest BCUT2D eigenvalue weighted by Crippen LogP contribution is -2.29. The number of likely N-dealkylation sites (tertiary alicyclic amines) is 1. The number of halogens is 1. The summed E-state index contributed by atoms with van der Waals surface area (Å²) in [5.41, 5.74) is 1.94. The number of Topliss-reactive ketones (excluding diaryl/α,β-unsaturated/α-hetero) is 1. The van der Waals surface area contributed by atoms with Gasteiger partial charge >= 0.3 is 0 Å². The van der Waals surface area contributed by atoms with Crippen LogP contribution in [0.5, 0.6) is 11.5 Å². The van der Waals surface area contributed by atoms with Gasteiger partial charge in [0, 0.05) is 17.1 Å². The Labute approximate surface area is 213 Å². The number of carbonyl (C=O) groups excluding carboxylic acids is 2. The Balaban J connectivity index is 1.61. The molecule has 0 aliphatic carbocycles. The van der Waals surface area contributed by atoms with Gasteiger partial charge in [0.05, 0.1) is 11.6 Å². The van der Waals surface area contributed by atoms with Crippen LogP contribution < -0.4 is 4.74 Å². The van der Waals surface area contributed by atoms with E-state index in [9.17, 15) is 14.7 Å². The van der Waals surface area contributed by atoms with E-state index in [1.54, 1.807) is 42.5 Å². The van der Waals surface area contributed by atoms with E-state index in [-0.39, 0.29) is 17.9 Å². The first-order valence-corrected chi connectivity index (χ1v) is 11.8. The zero-order chi connectivity index (χ0) is 25.1. The summed E-state index contributed by atoms with van der Waals surface area (Å²) >= 11 is 6.01. The van der Waals surface area contributed by atoms with Gasteiger partial charge in [-0.3, -0.25) is 9.59 Å². The number of ketones is 1. The van der Waals surface area contributed by atoms with E-state index in [2.05, 4.69) is 0 Å². The normalized spacial score (nSPS) is 16.8. The van der Waals surface area contributed by atoms with Gasteiger partial charge in [0.25, 0.3) is 11.7 Å². The summed E-state index contributed by atoms with van der Waals surface area (Å²) in [6.07, 6.45) is 0. The number of amides is 1. The molecule has 0 saturated carbocycles. The third kappa shape index (κ3) is 4.74. The summed E-state index contributed by atoms with van der Waals surface area (Å²) in [7, 11) is 0. The fraction of sp³-hybridized carbons (Fsp3) is 0.0667. The minimum absolute atomic E-state index is 0.0233. The molecular weight excluding hydrogens is 474 g/mol. The Bertz CT molecular complexity index is 1430. The average Bonchev–Trinajstić information content (AvgIpc) is 3.15. The number of hydrogen-bond donors (Lipinski definition) is 1. The average molecular weight is 496 g/mol. The largest absolute Gasteiger partial charge is 0.507 e. The van der Waals surface area contributed by atoms with Crippen molar-refractivity contribution in [3.05, 3.63) is 136 Å². The van der Waals surface area contributed by atoms with Gasteiger partial charge in [-0.15, -0.1) is 0 Å². The molecule has 5 rings (SSSR count). The molecule has 1 atom stereocenters. The van der Waals surface area contributed by atoms with Gasteiger partial charge in [0.2, 0.25) is 0 Å². The van der Waals surface area contributed by atoms with Crippen molar-refractivity contribution < 1.29 is 19.4 Å². The SMILES string of the molecule is O=C1C(=O)N(Cc2ccccc2)C(c2cccc(Oc3ccccc3)c2)/C1=C(\O)c1ccc(Cl)cc1. The van der Waals surface area contributed by atoms with Crippen molar-refractivity contribution in [2.24, 2.45) is 0 Å². The maximum Gasteiger partial charge on any atom is 0.295 e. The number of hydrogen-bond acceptors (Lipinski definition) is 4. The molecule has 1 aliphatic heterocycles. The molecule has 0 radical (unpaired) electrons. The summed E-state index contributed by atoms with van der Waals surface area (Å²) in [6.45, 7) is 0.206. The molecule has 0 bridgehead atoms. The number of rotatable bonds is 6. The highest BCUT2D eigenvalue weighted by molar-refractivity contribution is 6.46. The monoisotopic (exact) mass is 495 g/mol. The molecule has 4 aromatic rings. The van der Waals surface area contributed by atoms with Crippen LogP contribution in [-0.4, -0.2) is 21.7 Å². The van der Waals surface area contributed by atoms with Gasteiger partial charge in [-0.1, -0.05) is 72.3 Å². The van der Waals surface area contributed by atoms with Gasteiger partial charge in [-0.05, 0) is 59.7 Å². The fourth-order valence-electron chi connectivity index (χ4n) is 4.31. The fourth-order valence-corrected chi connectivity index (χ4v) is 4.43. The van der Waals surface area contributed by atoms with E-state index >= 15 is 0 Å². The van der Waals surface area contributed by atoms with Gasteiger partial charge in [0.15, 0.2) is 0 Å². The van der Waals surface area contributed by atoms with Gasteiger partial charge in [-0.2, -0.15) is 0 Å². The van der Waals surface area contributed by atoms with E-state index in [0.717, 1.165) is 5.56 Å². The van der Waals surface area contributed by atoms with Crippen molar-refractivity contribution in [2.45, 2.75) is 12.6 Å². The number of nitrogens with zero attached hydrogens (tertiary/aromatic N) is 1.